The third-order valence-corrected chi connectivity index (χ3v) is 8.45. The molecule has 8 nitrogen and oxygen atoms in total. The number of likely N-dealkylation sites (tertiary alicyclic amines) is 2. The molecule has 43 heavy (non-hydrogen) atoms. The van der Waals surface area contributed by atoms with Crippen LogP contribution in [0.5, 0.6) is 5.75 Å². The van der Waals surface area contributed by atoms with Gasteiger partial charge in [0, 0.05) is 62.6 Å². The zero-order valence-corrected chi connectivity index (χ0v) is 24.4. The summed E-state index contributed by atoms with van der Waals surface area (Å²) in [5, 5.41) is 12.9. The van der Waals surface area contributed by atoms with Gasteiger partial charge in [0.05, 0.1) is 11.6 Å². The van der Waals surface area contributed by atoms with E-state index in [4.69, 9.17) is 14.4 Å². The van der Waals surface area contributed by atoms with Crippen molar-refractivity contribution in [3.8, 4) is 11.8 Å². The Hall–Kier alpha value is -4.61. The number of rotatable bonds is 7. The monoisotopic (exact) mass is 576 g/mol. The van der Waals surface area contributed by atoms with E-state index in [0.29, 0.717) is 29.8 Å². The molecule has 0 saturated carbocycles. The van der Waals surface area contributed by atoms with Crippen molar-refractivity contribution >= 4 is 22.8 Å². The number of benzene rings is 3. The van der Waals surface area contributed by atoms with Crippen molar-refractivity contribution < 1.29 is 18.7 Å². The number of hydrogen-bond acceptors (Lipinski definition) is 6. The SMILES string of the molecule is Cc1ccc(OC2CCN(C(=O)c3ccc4oc(C(=O)NC5CCN(Cc6ccc(C#N)cc6)CC5)cc4c3)CC2)cc1. The van der Waals surface area contributed by atoms with Crippen LogP contribution in [0.3, 0.4) is 0 Å². The number of piperidine rings is 2. The van der Waals surface area contributed by atoms with Gasteiger partial charge in [0.1, 0.15) is 17.4 Å². The van der Waals surface area contributed by atoms with Crippen LogP contribution >= 0.6 is 0 Å². The second-order valence-corrected chi connectivity index (χ2v) is 11.6. The number of ether oxygens (including phenoxy) is 1. The first-order chi connectivity index (χ1) is 20.9. The zero-order valence-electron chi connectivity index (χ0n) is 24.4. The third kappa shape index (κ3) is 6.90. The summed E-state index contributed by atoms with van der Waals surface area (Å²) in [5.41, 5.74) is 4.22. The standard InChI is InChI=1S/C35H36N4O4/c1-24-2-9-30(10-3-24)42-31-14-18-39(19-15-31)35(41)27-8-11-32-28(20-27)21-33(43-32)34(40)37-29-12-16-38(17-13-29)23-26-6-4-25(22-36)5-7-26/h2-11,20-21,29,31H,12-19,23H2,1H3,(H,37,40). The zero-order chi connectivity index (χ0) is 29.8. The average molecular weight is 577 g/mol. The first-order valence-electron chi connectivity index (χ1n) is 15.0. The first-order valence-corrected chi connectivity index (χ1v) is 15.0. The van der Waals surface area contributed by atoms with E-state index in [0.717, 1.165) is 56.5 Å². The minimum Gasteiger partial charge on any atom is -0.490 e. The number of furan rings is 1. The molecule has 0 unspecified atom stereocenters. The number of aryl methyl sites for hydroxylation is 1. The van der Waals surface area contributed by atoms with Crippen molar-refractivity contribution in [2.24, 2.45) is 0 Å². The lowest BCUT2D eigenvalue weighted by Crippen LogP contribution is -2.44. The van der Waals surface area contributed by atoms with Crippen LogP contribution in [0.25, 0.3) is 11.0 Å². The van der Waals surface area contributed by atoms with E-state index in [1.165, 1.54) is 11.1 Å². The summed E-state index contributed by atoms with van der Waals surface area (Å²) < 4.78 is 12.0. The highest BCUT2D eigenvalue weighted by Crippen LogP contribution is 2.25. The van der Waals surface area contributed by atoms with Crippen LogP contribution < -0.4 is 10.1 Å². The van der Waals surface area contributed by atoms with Crippen LogP contribution in [-0.4, -0.2) is 59.9 Å². The van der Waals surface area contributed by atoms with Crippen molar-refractivity contribution in [1.29, 1.82) is 5.26 Å². The van der Waals surface area contributed by atoms with Crippen LogP contribution in [0.1, 0.15) is 63.3 Å². The van der Waals surface area contributed by atoms with Gasteiger partial charge in [0.15, 0.2) is 5.76 Å². The van der Waals surface area contributed by atoms with E-state index in [1.54, 1.807) is 18.2 Å². The quantitative estimate of drug-likeness (QED) is 0.304. The molecule has 0 radical (unpaired) electrons. The van der Waals surface area contributed by atoms with Crippen molar-refractivity contribution in [2.45, 2.75) is 51.3 Å². The number of hydrogen-bond donors (Lipinski definition) is 1. The summed E-state index contributed by atoms with van der Waals surface area (Å²) in [7, 11) is 0. The molecule has 2 aliphatic rings. The highest BCUT2D eigenvalue weighted by molar-refractivity contribution is 6.00. The molecule has 2 aliphatic heterocycles. The van der Waals surface area contributed by atoms with Gasteiger partial charge in [-0.05, 0) is 73.9 Å². The Morgan fingerprint density at radius 1 is 0.930 bits per heavy atom. The highest BCUT2D eigenvalue weighted by atomic mass is 16.5. The predicted octanol–water partition coefficient (Wildman–Crippen LogP) is 5.69. The molecule has 2 saturated heterocycles. The Morgan fingerprint density at radius 3 is 2.35 bits per heavy atom. The Kier molecular flexibility index (Phi) is 8.43. The number of fused-ring (bicyclic) bond motifs is 1. The summed E-state index contributed by atoms with van der Waals surface area (Å²) >= 11 is 0. The number of nitrogens with one attached hydrogen (secondary N) is 1. The molecule has 6 rings (SSSR count). The van der Waals surface area contributed by atoms with Crippen molar-refractivity contribution in [2.75, 3.05) is 26.2 Å². The molecule has 0 bridgehead atoms. The molecule has 3 aromatic carbocycles. The van der Waals surface area contributed by atoms with Crippen LogP contribution in [-0.2, 0) is 6.54 Å². The van der Waals surface area contributed by atoms with Gasteiger partial charge in [-0.3, -0.25) is 14.5 Å². The molecule has 0 atom stereocenters. The highest BCUT2D eigenvalue weighted by Gasteiger charge is 2.26. The van der Waals surface area contributed by atoms with Crippen LogP contribution in [0.2, 0.25) is 0 Å². The summed E-state index contributed by atoms with van der Waals surface area (Å²) in [6, 6.07) is 25.1. The molecule has 4 aromatic rings. The van der Waals surface area contributed by atoms with Crippen molar-refractivity contribution in [3.05, 3.63) is 101 Å². The topological polar surface area (TPSA) is 98.8 Å². The largest absolute Gasteiger partial charge is 0.490 e. The first kappa shape index (κ1) is 28.5. The number of amides is 2. The van der Waals surface area contributed by atoms with E-state index in [9.17, 15) is 9.59 Å². The van der Waals surface area contributed by atoms with Gasteiger partial charge in [-0.15, -0.1) is 0 Å². The molecule has 220 valence electrons. The Bertz CT molecular complexity index is 1620. The molecular formula is C35H36N4O4. The van der Waals surface area contributed by atoms with Gasteiger partial charge in [-0.2, -0.15) is 5.26 Å². The normalized spacial score (nSPS) is 16.6. The van der Waals surface area contributed by atoms with Crippen molar-refractivity contribution in [1.82, 2.24) is 15.1 Å². The van der Waals surface area contributed by atoms with Crippen LogP contribution in [0.4, 0.5) is 0 Å². The lowest BCUT2D eigenvalue weighted by molar-refractivity contribution is 0.0595. The molecule has 1 aromatic heterocycles. The lowest BCUT2D eigenvalue weighted by Gasteiger charge is -2.32. The molecule has 3 heterocycles. The van der Waals surface area contributed by atoms with Gasteiger partial charge in [-0.1, -0.05) is 29.8 Å². The predicted molar refractivity (Wildman–Crippen MR) is 164 cm³/mol. The van der Waals surface area contributed by atoms with Gasteiger partial charge < -0.3 is 19.4 Å². The fourth-order valence-electron chi connectivity index (χ4n) is 5.89. The smallest absolute Gasteiger partial charge is 0.287 e. The molecular weight excluding hydrogens is 540 g/mol. The molecule has 0 aliphatic carbocycles. The number of nitrogens with zero attached hydrogens (tertiary/aromatic N) is 3. The lowest BCUT2D eigenvalue weighted by atomic mass is 10.0. The van der Waals surface area contributed by atoms with Crippen LogP contribution in [0.15, 0.2) is 77.2 Å². The second-order valence-electron chi connectivity index (χ2n) is 11.6. The van der Waals surface area contributed by atoms with Gasteiger partial charge in [0.25, 0.3) is 11.8 Å². The number of carbonyl (C=O) groups is 2. The summed E-state index contributed by atoms with van der Waals surface area (Å²) in [6.07, 6.45) is 3.37. The summed E-state index contributed by atoms with van der Waals surface area (Å²) in [5.74, 6) is 0.875. The van der Waals surface area contributed by atoms with Gasteiger partial charge in [0.2, 0.25) is 0 Å². The number of nitriles is 1. The molecule has 8 heteroatoms. The van der Waals surface area contributed by atoms with E-state index in [-0.39, 0.29) is 29.7 Å². The maximum Gasteiger partial charge on any atom is 0.287 e. The fraction of sp³-hybridized carbons (Fsp3) is 0.343. The molecule has 0 spiro atoms. The van der Waals surface area contributed by atoms with E-state index in [1.807, 2.05) is 59.5 Å². The number of carbonyl (C=O) groups excluding carboxylic acids is 2. The Balaban J connectivity index is 0.996. The van der Waals surface area contributed by atoms with E-state index in [2.05, 4.69) is 23.2 Å². The summed E-state index contributed by atoms with van der Waals surface area (Å²) in [4.78, 5) is 30.5. The second kappa shape index (κ2) is 12.7. The van der Waals surface area contributed by atoms with Gasteiger partial charge in [-0.25, -0.2) is 0 Å². The van der Waals surface area contributed by atoms with E-state index >= 15 is 0 Å². The van der Waals surface area contributed by atoms with Gasteiger partial charge >= 0.3 is 0 Å². The Morgan fingerprint density at radius 2 is 1.65 bits per heavy atom. The fourth-order valence-corrected chi connectivity index (χ4v) is 5.89. The maximum atomic E-state index is 13.3. The van der Waals surface area contributed by atoms with Crippen molar-refractivity contribution in [3.63, 3.8) is 0 Å². The third-order valence-electron chi connectivity index (χ3n) is 8.45. The molecule has 1 N–H and O–H groups in total. The molecule has 2 amide bonds. The minimum absolute atomic E-state index is 0.0179. The Labute approximate surface area is 251 Å². The summed E-state index contributed by atoms with van der Waals surface area (Å²) in [6.45, 7) is 5.92. The van der Waals surface area contributed by atoms with E-state index < -0.39 is 0 Å². The average Bonchev–Trinajstić information content (AvgIpc) is 3.47. The minimum atomic E-state index is -0.231. The molecule has 2 fully saturated rings. The maximum absolute atomic E-state index is 13.3. The van der Waals surface area contributed by atoms with Crippen LogP contribution in [0, 0.1) is 18.3 Å².